The van der Waals surface area contributed by atoms with Gasteiger partial charge in [-0.2, -0.15) is 5.10 Å². The van der Waals surface area contributed by atoms with Crippen LogP contribution in [0.2, 0.25) is 0 Å². The molecule has 0 atom stereocenters. The summed E-state index contributed by atoms with van der Waals surface area (Å²) >= 11 is 0. The Hall–Kier alpha value is -1.58. The summed E-state index contributed by atoms with van der Waals surface area (Å²) in [6.07, 6.45) is 7.58. The molecule has 0 amide bonds. The zero-order chi connectivity index (χ0) is 10.1. The molecule has 0 radical (unpaired) electrons. The molecule has 4 heteroatoms. The predicted molar refractivity (Wildman–Crippen MR) is 54.8 cm³/mol. The van der Waals surface area contributed by atoms with Gasteiger partial charge in [-0.3, -0.25) is 4.68 Å². The Morgan fingerprint density at radius 3 is 2.64 bits per heavy atom. The minimum Gasteiger partial charge on any atom is -0.328 e. The van der Waals surface area contributed by atoms with E-state index < -0.39 is 0 Å². The van der Waals surface area contributed by atoms with E-state index in [1.165, 1.54) is 0 Å². The van der Waals surface area contributed by atoms with E-state index in [4.69, 9.17) is 0 Å². The van der Waals surface area contributed by atoms with E-state index >= 15 is 0 Å². The van der Waals surface area contributed by atoms with Crippen LogP contribution in [-0.2, 0) is 7.05 Å². The van der Waals surface area contributed by atoms with Crippen molar-refractivity contribution in [2.45, 2.75) is 19.9 Å². The molecule has 2 rings (SSSR count). The first-order chi connectivity index (χ1) is 6.68. The van der Waals surface area contributed by atoms with E-state index in [-0.39, 0.29) is 0 Å². The Morgan fingerprint density at radius 2 is 2.07 bits per heavy atom. The second-order valence-electron chi connectivity index (χ2n) is 3.68. The van der Waals surface area contributed by atoms with E-state index in [9.17, 15) is 0 Å². The van der Waals surface area contributed by atoms with Crippen molar-refractivity contribution in [1.82, 2.24) is 19.3 Å². The summed E-state index contributed by atoms with van der Waals surface area (Å²) in [7, 11) is 1.92. The highest BCUT2D eigenvalue weighted by Gasteiger charge is 2.08. The number of hydrogen-bond acceptors (Lipinski definition) is 2. The van der Waals surface area contributed by atoms with Gasteiger partial charge in [0.1, 0.15) is 0 Å². The Labute approximate surface area is 83.2 Å². The normalized spacial score (nSPS) is 11.1. The standard InChI is InChI=1S/C10H14N4/c1-8(2)14-7-11-5-10(14)9-4-12-13(3)6-9/h4-8H,1-3H3. The van der Waals surface area contributed by atoms with Crippen molar-refractivity contribution >= 4 is 0 Å². The van der Waals surface area contributed by atoms with Crippen LogP contribution >= 0.6 is 0 Å². The monoisotopic (exact) mass is 190 g/mol. The number of nitrogens with zero attached hydrogens (tertiary/aromatic N) is 4. The van der Waals surface area contributed by atoms with E-state index in [0.29, 0.717) is 6.04 Å². The van der Waals surface area contributed by atoms with Crippen LogP contribution in [0, 0.1) is 0 Å². The maximum absolute atomic E-state index is 4.15. The number of hydrogen-bond donors (Lipinski definition) is 0. The fourth-order valence-electron chi connectivity index (χ4n) is 1.49. The first kappa shape index (κ1) is 8.99. The van der Waals surface area contributed by atoms with E-state index in [0.717, 1.165) is 11.3 Å². The van der Waals surface area contributed by atoms with Crippen LogP contribution in [0.15, 0.2) is 24.9 Å². The van der Waals surface area contributed by atoms with Crippen molar-refractivity contribution in [3.63, 3.8) is 0 Å². The zero-order valence-electron chi connectivity index (χ0n) is 8.68. The first-order valence-electron chi connectivity index (χ1n) is 4.69. The van der Waals surface area contributed by atoms with Gasteiger partial charge in [-0.1, -0.05) is 0 Å². The van der Waals surface area contributed by atoms with E-state index in [1.807, 2.05) is 32.0 Å². The molecule has 0 saturated heterocycles. The van der Waals surface area contributed by atoms with Crippen LogP contribution in [0.25, 0.3) is 11.3 Å². The van der Waals surface area contributed by atoms with Crippen molar-refractivity contribution in [3.05, 3.63) is 24.9 Å². The highest BCUT2D eigenvalue weighted by Crippen LogP contribution is 2.20. The summed E-state index contributed by atoms with van der Waals surface area (Å²) in [6.45, 7) is 4.28. The lowest BCUT2D eigenvalue weighted by Crippen LogP contribution is -2.00. The third kappa shape index (κ3) is 1.43. The van der Waals surface area contributed by atoms with Crippen LogP contribution in [0.3, 0.4) is 0 Å². The van der Waals surface area contributed by atoms with Gasteiger partial charge in [0.25, 0.3) is 0 Å². The van der Waals surface area contributed by atoms with Gasteiger partial charge in [0.2, 0.25) is 0 Å². The first-order valence-corrected chi connectivity index (χ1v) is 4.69. The highest BCUT2D eigenvalue weighted by atomic mass is 15.2. The van der Waals surface area contributed by atoms with Gasteiger partial charge in [-0.25, -0.2) is 4.98 Å². The van der Waals surface area contributed by atoms with Crippen molar-refractivity contribution in [3.8, 4) is 11.3 Å². The Morgan fingerprint density at radius 1 is 1.29 bits per heavy atom. The molecule has 2 heterocycles. The van der Waals surface area contributed by atoms with Gasteiger partial charge in [-0.15, -0.1) is 0 Å². The van der Waals surface area contributed by atoms with Crippen molar-refractivity contribution in [1.29, 1.82) is 0 Å². The molecule has 2 aromatic rings. The lowest BCUT2D eigenvalue weighted by atomic mass is 10.2. The number of imidazole rings is 1. The molecular formula is C10H14N4. The van der Waals surface area contributed by atoms with Gasteiger partial charge in [0.15, 0.2) is 0 Å². The molecule has 0 aliphatic carbocycles. The number of rotatable bonds is 2. The van der Waals surface area contributed by atoms with Crippen LogP contribution in [0.4, 0.5) is 0 Å². The zero-order valence-corrected chi connectivity index (χ0v) is 8.68. The molecule has 0 N–H and O–H groups in total. The van der Waals surface area contributed by atoms with Gasteiger partial charge in [0.05, 0.1) is 24.4 Å². The second kappa shape index (κ2) is 3.29. The lowest BCUT2D eigenvalue weighted by Gasteiger charge is -2.09. The summed E-state index contributed by atoms with van der Waals surface area (Å²) in [5, 5.41) is 4.15. The fraction of sp³-hybridized carbons (Fsp3) is 0.400. The molecule has 14 heavy (non-hydrogen) atoms. The molecular weight excluding hydrogens is 176 g/mol. The molecule has 0 aliphatic rings. The Kier molecular flexibility index (Phi) is 2.11. The minimum atomic E-state index is 0.424. The third-order valence-electron chi connectivity index (χ3n) is 2.22. The van der Waals surface area contributed by atoms with Gasteiger partial charge < -0.3 is 4.57 Å². The summed E-state index contributed by atoms with van der Waals surface area (Å²) in [6, 6.07) is 0.424. The summed E-state index contributed by atoms with van der Waals surface area (Å²) in [5.41, 5.74) is 2.23. The maximum Gasteiger partial charge on any atom is 0.0953 e. The van der Waals surface area contributed by atoms with Crippen LogP contribution in [0.5, 0.6) is 0 Å². The topological polar surface area (TPSA) is 35.6 Å². The average Bonchev–Trinajstić information content (AvgIpc) is 2.70. The third-order valence-corrected chi connectivity index (χ3v) is 2.22. The highest BCUT2D eigenvalue weighted by molar-refractivity contribution is 5.56. The molecule has 0 unspecified atom stereocenters. The number of aromatic nitrogens is 4. The molecule has 74 valence electrons. The minimum absolute atomic E-state index is 0.424. The maximum atomic E-state index is 4.15. The number of aryl methyl sites for hydroxylation is 1. The van der Waals surface area contributed by atoms with Gasteiger partial charge in [-0.05, 0) is 13.8 Å². The molecule has 0 aliphatic heterocycles. The predicted octanol–water partition coefficient (Wildman–Crippen LogP) is 1.86. The fourth-order valence-corrected chi connectivity index (χ4v) is 1.49. The molecule has 0 saturated carbocycles. The van der Waals surface area contributed by atoms with Crippen LogP contribution < -0.4 is 0 Å². The SMILES string of the molecule is CC(C)n1cncc1-c1cnn(C)c1. The molecule has 0 aromatic carbocycles. The Balaban J connectivity index is 2.46. The summed E-state index contributed by atoms with van der Waals surface area (Å²) < 4.78 is 3.93. The molecule has 2 aromatic heterocycles. The molecule has 0 spiro atoms. The van der Waals surface area contributed by atoms with Gasteiger partial charge >= 0.3 is 0 Å². The smallest absolute Gasteiger partial charge is 0.0953 e. The quantitative estimate of drug-likeness (QED) is 0.724. The lowest BCUT2D eigenvalue weighted by molar-refractivity contribution is 0.605. The van der Waals surface area contributed by atoms with Gasteiger partial charge in [0, 0.05) is 24.8 Å². The molecule has 0 fully saturated rings. The Bertz CT molecular complexity index is 425. The summed E-state index contributed by atoms with van der Waals surface area (Å²) in [5.74, 6) is 0. The van der Waals surface area contributed by atoms with E-state index in [1.54, 1.807) is 4.68 Å². The van der Waals surface area contributed by atoms with Crippen molar-refractivity contribution < 1.29 is 0 Å². The van der Waals surface area contributed by atoms with Crippen LogP contribution in [0.1, 0.15) is 19.9 Å². The van der Waals surface area contributed by atoms with E-state index in [2.05, 4.69) is 28.5 Å². The molecule has 4 nitrogen and oxygen atoms in total. The average molecular weight is 190 g/mol. The van der Waals surface area contributed by atoms with Crippen LogP contribution in [-0.4, -0.2) is 19.3 Å². The van der Waals surface area contributed by atoms with Crippen molar-refractivity contribution in [2.75, 3.05) is 0 Å². The molecule has 0 bridgehead atoms. The second-order valence-corrected chi connectivity index (χ2v) is 3.68. The van der Waals surface area contributed by atoms with Crippen molar-refractivity contribution in [2.24, 2.45) is 7.05 Å². The largest absolute Gasteiger partial charge is 0.328 e. The summed E-state index contributed by atoms with van der Waals surface area (Å²) in [4.78, 5) is 4.15.